The molecule has 0 saturated heterocycles. The number of hydrogen-bond donors (Lipinski definition) is 1. The summed E-state index contributed by atoms with van der Waals surface area (Å²) in [6.45, 7) is 1.44. The van der Waals surface area contributed by atoms with Crippen LogP contribution in [-0.4, -0.2) is 17.6 Å². The van der Waals surface area contributed by atoms with Crippen molar-refractivity contribution < 1.29 is 4.74 Å². The molecule has 0 radical (unpaired) electrons. The van der Waals surface area contributed by atoms with Crippen LogP contribution in [0.3, 0.4) is 0 Å². The molecule has 4 nitrogen and oxygen atoms in total. The van der Waals surface area contributed by atoms with Crippen LogP contribution in [0, 0.1) is 0 Å². The summed E-state index contributed by atoms with van der Waals surface area (Å²) in [5.41, 5.74) is 2.95. The Labute approximate surface area is 146 Å². The van der Waals surface area contributed by atoms with Gasteiger partial charge in [0.05, 0.1) is 12.8 Å². The number of pyridine rings is 1. The summed E-state index contributed by atoms with van der Waals surface area (Å²) in [7, 11) is 0. The van der Waals surface area contributed by atoms with Gasteiger partial charge in [0.2, 0.25) is 5.56 Å². The number of nitrogens with one attached hydrogen (secondary N) is 1. The number of ether oxygens (including phenoxy) is 1. The molecular weight excluding hydrogens is 312 g/mol. The van der Waals surface area contributed by atoms with E-state index in [1.807, 2.05) is 36.4 Å². The lowest BCUT2D eigenvalue weighted by Crippen LogP contribution is -2.32. The van der Waals surface area contributed by atoms with Gasteiger partial charge in [0.15, 0.2) is 0 Å². The van der Waals surface area contributed by atoms with Crippen LogP contribution in [0.15, 0.2) is 77.8 Å². The Morgan fingerprint density at radius 1 is 1.08 bits per heavy atom. The molecular formula is C21H20N2O2. The molecule has 0 amide bonds. The molecule has 2 heterocycles. The molecule has 4 heteroatoms. The van der Waals surface area contributed by atoms with Crippen LogP contribution >= 0.6 is 0 Å². The number of anilines is 1. The van der Waals surface area contributed by atoms with Gasteiger partial charge >= 0.3 is 0 Å². The van der Waals surface area contributed by atoms with Crippen molar-refractivity contribution in [3.63, 3.8) is 0 Å². The van der Waals surface area contributed by atoms with Gasteiger partial charge in [-0.25, -0.2) is 0 Å². The molecule has 1 aliphatic rings. The van der Waals surface area contributed by atoms with E-state index < -0.39 is 0 Å². The number of nitrogens with zero attached hydrogens (tertiary/aromatic N) is 1. The minimum atomic E-state index is -0.0690. The molecule has 1 N–H and O–H groups in total. The van der Waals surface area contributed by atoms with E-state index in [1.165, 1.54) is 0 Å². The second kappa shape index (κ2) is 6.85. The molecule has 0 bridgehead atoms. The highest BCUT2D eigenvalue weighted by Crippen LogP contribution is 2.23. The molecule has 0 saturated carbocycles. The van der Waals surface area contributed by atoms with Crippen LogP contribution in [0.2, 0.25) is 0 Å². The van der Waals surface area contributed by atoms with E-state index in [9.17, 15) is 4.79 Å². The highest BCUT2D eigenvalue weighted by molar-refractivity contribution is 5.82. The highest BCUT2D eigenvalue weighted by atomic mass is 16.5. The molecule has 0 aliphatic carbocycles. The third kappa shape index (κ3) is 3.43. The van der Waals surface area contributed by atoms with Gasteiger partial charge in [-0.2, -0.15) is 0 Å². The minimum Gasteiger partial charge on any atom is -0.496 e. The Balaban J connectivity index is 1.70. The summed E-state index contributed by atoms with van der Waals surface area (Å²) in [5.74, 6) is 0. The molecule has 1 aromatic heterocycles. The van der Waals surface area contributed by atoms with Gasteiger partial charge in [-0.15, -0.1) is 0 Å². The topological polar surface area (TPSA) is 45.3 Å². The zero-order valence-electron chi connectivity index (χ0n) is 13.9. The van der Waals surface area contributed by atoms with Crippen molar-refractivity contribution in [2.24, 2.45) is 0 Å². The molecule has 2 aromatic carbocycles. The SMILES string of the molecule is O=c1cc(CN(CC2CC=CO2)c2ccccc2)c2ccccc2[nH]1. The Bertz CT molecular complexity index is 939. The maximum atomic E-state index is 12.1. The first-order valence-electron chi connectivity index (χ1n) is 8.51. The molecule has 0 fully saturated rings. The average Bonchev–Trinajstić information content (AvgIpc) is 3.15. The van der Waals surface area contributed by atoms with E-state index >= 15 is 0 Å². The predicted molar refractivity (Wildman–Crippen MR) is 101 cm³/mol. The summed E-state index contributed by atoms with van der Waals surface area (Å²) in [5, 5.41) is 1.08. The van der Waals surface area contributed by atoms with E-state index in [4.69, 9.17) is 4.74 Å². The quantitative estimate of drug-likeness (QED) is 0.772. The lowest BCUT2D eigenvalue weighted by molar-refractivity contribution is 0.175. The molecule has 1 unspecified atom stereocenters. The van der Waals surface area contributed by atoms with Gasteiger partial charge in [0.1, 0.15) is 6.10 Å². The maximum Gasteiger partial charge on any atom is 0.248 e. The van der Waals surface area contributed by atoms with Gasteiger partial charge in [-0.3, -0.25) is 4.79 Å². The Morgan fingerprint density at radius 2 is 1.88 bits per heavy atom. The number of rotatable bonds is 5. The lowest BCUT2D eigenvalue weighted by atomic mass is 10.1. The van der Waals surface area contributed by atoms with E-state index in [-0.39, 0.29) is 11.7 Å². The highest BCUT2D eigenvalue weighted by Gasteiger charge is 2.18. The Morgan fingerprint density at radius 3 is 2.68 bits per heavy atom. The van der Waals surface area contributed by atoms with Crippen LogP contribution in [0.5, 0.6) is 0 Å². The third-order valence-corrected chi connectivity index (χ3v) is 4.51. The van der Waals surface area contributed by atoms with Crippen LogP contribution in [-0.2, 0) is 11.3 Å². The molecule has 25 heavy (non-hydrogen) atoms. The Hall–Kier alpha value is -3.01. The minimum absolute atomic E-state index is 0.0690. The van der Waals surface area contributed by atoms with Crippen molar-refractivity contribution in [3.05, 3.63) is 88.9 Å². The fraction of sp³-hybridized carbons (Fsp3) is 0.190. The van der Waals surface area contributed by atoms with Crippen molar-refractivity contribution in [1.82, 2.24) is 4.98 Å². The summed E-state index contributed by atoms with van der Waals surface area (Å²) in [4.78, 5) is 17.2. The van der Waals surface area contributed by atoms with Crippen molar-refractivity contribution in [2.75, 3.05) is 11.4 Å². The molecule has 4 rings (SSSR count). The summed E-state index contributed by atoms with van der Waals surface area (Å²) < 4.78 is 5.66. The van der Waals surface area contributed by atoms with Crippen molar-refractivity contribution in [3.8, 4) is 0 Å². The zero-order chi connectivity index (χ0) is 17.1. The normalized spacial score (nSPS) is 16.1. The first-order valence-corrected chi connectivity index (χ1v) is 8.51. The van der Waals surface area contributed by atoms with Crippen LogP contribution < -0.4 is 10.5 Å². The maximum absolute atomic E-state index is 12.1. The number of H-pyrrole nitrogens is 1. The van der Waals surface area contributed by atoms with Crippen LogP contribution in [0.1, 0.15) is 12.0 Å². The molecule has 126 valence electrons. The van der Waals surface area contributed by atoms with Gasteiger partial charge in [-0.05, 0) is 29.8 Å². The van der Waals surface area contributed by atoms with Crippen molar-refractivity contribution in [1.29, 1.82) is 0 Å². The van der Waals surface area contributed by atoms with Gasteiger partial charge in [0.25, 0.3) is 0 Å². The van der Waals surface area contributed by atoms with Gasteiger partial charge in [-0.1, -0.05) is 36.4 Å². The second-order valence-corrected chi connectivity index (χ2v) is 6.29. The van der Waals surface area contributed by atoms with Crippen molar-refractivity contribution in [2.45, 2.75) is 19.1 Å². The smallest absolute Gasteiger partial charge is 0.248 e. The third-order valence-electron chi connectivity index (χ3n) is 4.51. The van der Waals surface area contributed by atoms with Crippen molar-refractivity contribution >= 4 is 16.6 Å². The van der Waals surface area contributed by atoms with E-state index in [0.717, 1.165) is 35.1 Å². The summed E-state index contributed by atoms with van der Waals surface area (Å²) >= 11 is 0. The largest absolute Gasteiger partial charge is 0.496 e. The summed E-state index contributed by atoms with van der Waals surface area (Å²) in [6, 6.07) is 19.9. The number of para-hydroxylation sites is 2. The summed E-state index contributed by atoms with van der Waals surface area (Å²) in [6.07, 6.45) is 4.89. The van der Waals surface area contributed by atoms with Crippen LogP contribution in [0.4, 0.5) is 5.69 Å². The van der Waals surface area contributed by atoms with E-state index in [2.05, 4.69) is 34.2 Å². The average molecular weight is 332 g/mol. The standard InChI is InChI=1S/C21H20N2O2/c24-21-13-16(19-10-4-5-11-20(19)22-21)14-23(15-18-9-6-12-25-18)17-7-2-1-3-8-17/h1-8,10-13,18H,9,14-15H2,(H,22,24). The number of hydrogen-bond acceptors (Lipinski definition) is 3. The van der Waals surface area contributed by atoms with E-state index in [1.54, 1.807) is 12.3 Å². The molecule has 1 aliphatic heterocycles. The first kappa shape index (κ1) is 15.5. The number of aromatic amines is 1. The fourth-order valence-electron chi connectivity index (χ4n) is 3.31. The van der Waals surface area contributed by atoms with Crippen LogP contribution in [0.25, 0.3) is 10.9 Å². The molecule has 1 atom stereocenters. The molecule has 0 spiro atoms. The van der Waals surface area contributed by atoms with Gasteiger partial charge < -0.3 is 14.6 Å². The fourth-order valence-corrected chi connectivity index (χ4v) is 3.31. The number of fused-ring (bicyclic) bond motifs is 1. The Kier molecular flexibility index (Phi) is 4.25. The number of benzene rings is 2. The molecule has 3 aromatic rings. The monoisotopic (exact) mass is 332 g/mol. The van der Waals surface area contributed by atoms with E-state index in [0.29, 0.717) is 6.54 Å². The second-order valence-electron chi connectivity index (χ2n) is 6.29. The van der Waals surface area contributed by atoms with Gasteiger partial charge in [0, 0.05) is 35.6 Å². The first-order chi connectivity index (χ1) is 12.3. The predicted octanol–water partition coefficient (Wildman–Crippen LogP) is 3.84. The lowest BCUT2D eigenvalue weighted by Gasteiger charge is -2.28. The zero-order valence-corrected chi connectivity index (χ0v) is 13.9. The number of aromatic nitrogens is 1.